The molecule has 0 aromatic heterocycles. The molecular formula is C92H165NO8P+. The smallest absolute Gasteiger partial charge is 0.462 e. The zero-order valence-corrected chi connectivity index (χ0v) is 68.5. The highest BCUT2D eigenvalue weighted by molar-refractivity contribution is 7.47. The number of phosphoric acid groups is 1. The quantitative estimate of drug-likeness (QED) is 0.0211. The van der Waals surface area contributed by atoms with E-state index in [1.165, 1.54) is 270 Å². The Kier molecular flexibility index (Phi) is 78.6. The van der Waals surface area contributed by atoms with E-state index in [4.69, 9.17) is 18.5 Å². The van der Waals surface area contributed by atoms with Gasteiger partial charge < -0.3 is 18.9 Å². The summed E-state index contributed by atoms with van der Waals surface area (Å²) in [6.07, 6.45) is 118. The summed E-state index contributed by atoms with van der Waals surface area (Å²) >= 11 is 0. The first kappa shape index (κ1) is 98.4. The molecule has 590 valence electrons. The lowest BCUT2D eigenvalue weighted by molar-refractivity contribution is -0.870. The summed E-state index contributed by atoms with van der Waals surface area (Å²) in [6, 6.07) is 0. The number of carbonyl (C=O) groups excluding carboxylic acids is 2. The Morgan fingerprint density at radius 2 is 0.529 bits per heavy atom. The van der Waals surface area contributed by atoms with E-state index in [0.717, 1.165) is 96.3 Å². The lowest BCUT2D eigenvalue weighted by Crippen LogP contribution is -2.37. The molecule has 0 bridgehead atoms. The third-order valence-electron chi connectivity index (χ3n) is 19.0. The van der Waals surface area contributed by atoms with Crippen molar-refractivity contribution in [2.45, 2.75) is 405 Å². The zero-order chi connectivity index (χ0) is 74.0. The van der Waals surface area contributed by atoms with Crippen molar-refractivity contribution in [2.24, 2.45) is 0 Å². The summed E-state index contributed by atoms with van der Waals surface area (Å²) in [7, 11) is 1.49. The number of hydrogen-bond donors (Lipinski definition) is 1. The Bertz CT molecular complexity index is 2140. The molecule has 0 aromatic rings. The summed E-state index contributed by atoms with van der Waals surface area (Å²) in [5.41, 5.74) is 0. The molecule has 0 saturated carbocycles. The Labute approximate surface area is 632 Å². The average Bonchev–Trinajstić information content (AvgIpc) is 0.913. The van der Waals surface area contributed by atoms with E-state index in [1.54, 1.807) is 0 Å². The molecule has 0 saturated heterocycles. The van der Waals surface area contributed by atoms with Gasteiger partial charge in [-0.05, 0) is 103 Å². The predicted octanol–water partition coefficient (Wildman–Crippen LogP) is 29.3. The molecule has 9 nitrogen and oxygen atoms in total. The second kappa shape index (κ2) is 81.5. The topological polar surface area (TPSA) is 108 Å². The molecule has 2 atom stereocenters. The lowest BCUT2D eigenvalue weighted by atomic mass is 10.0. The molecule has 2 unspecified atom stereocenters. The summed E-state index contributed by atoms with van der Waals surface area (Å²) in [5, 5.41) is 0. The second-order valence-corrected chi connectivity index (χ2v) is 31.6. The summed E-state index contributed by atoms with van der Waals surface area (Å²) < 4.78 is 34.9. The third-order valence-corrected chi connectivity index (χ3v) is 20.0. The molecule has 0 fully saturated rings. The largest absolute Gasteiger partial charge is 0.472 e. The van der Waals surface area contributed by atoms with Gasteiger partial charge in [0.15, 0.2) is 6.10 Å². The molecule has 0 radical (unpaired) electrons. The second-order valence-electron chi connectivity index (χ2n) is 30.2. The number of likely N-dealkylation sites (N-methyl/N-ethyl adjacent to an activating group) is 1. The maximum atomic E-state index is 12.9. The molecule has 0 aliphatic rings. The molecule has 0 aliphatic heterocycles. The standard InChI is InChI=1S/C92H164NO8P/c1-6-8-10-12-14-16-18-20-22-24-26-28-30-32-34-36-38-40-42-44-45-46-47-49-50-52-54-56-58-60-62-64-66-68-70-72-74-76-78-80-82-84-91(94)98-88-90(89-100-102(96,97)99-87-86-93(3,4)5)101-92(95)85-83-81-79-77-75-73-71-69-67-65-63-61-59-57-55-53-51-48-43-41-39-37-35-33-31-29-27-25-23-21-19-17-15-13-11-9-7-2/h8-11,14-17,20-23,26-29,33,35,39,41,90H,6-7,12-13,18-19,24-25,30-32,34,36-38,40,42-89H2,1-5H3/p+1/b10-8-,11-9-,16-14-,17-15-,22-20-,23-21-,28-26-,29-27-,35-33-,41-39-. The summed E-state index contributed by atoms with van der Waals surface area (Å²) in [5.74, 6) is -0.779. The highest BCUT2D eigenvalue weighted by atomic mass is 31.2. The van der Waals surface area contributed by atoms with Crippen LogP contribution in [0.1, 0.15) is 399 Å². The van der Waals surface area contributed by atoms with E-state index in [0.29, 0.717) is 23.9 Å². The van der Waals surface area contributed by atoms with Crippen molar-refractivity contribution >= 4 is 19.8 Å². The van der Waals surface area contributed by atoms with Crippen molar-refractivity contribution < 1.29 is 42.1 Å². The Morgan fingerprint density at radius 3 is 0.784 bits per heavy atom. The van der Waals surface area contributed by atoms with Crippen LogP contribution in [0.3, 0.4) is 0 Å². The summed E-state index contributed by atoms with van der Waals surface area (Å²) in [6.45, 7) is 4.26. The number of quaternary nitrogens is 1. The van der Waals surface area contributed by atoms with Crippen molar-refractivity contribution in [1.82, 2.24) is 0 Å². The van der Waals surface area contributed by atoms with Gasteiger partial charge in [-0.15, -0.1) is 0 Å². The molecule has 0 rings (SSSR count). The van der Waals surface area contributed by atoms with Crippen molar-refractivity contribution in [2.75, 3.05) is 47.5 Å². The Morgan fingerprint density at radius 1 is 0.304 bits per heavy atom. The number of carbonyl (C=O) groups is 2. The molecule has 0 heterocycles. The van der Waals surface area contributed by atoms with E-state index >= 15 is 0 Å². The maximum absolute atomic E-state index is 12.9. The first-order chi connectivity index (χ1) is 50.0. The van der Waals surface area contributed by atoms with Gasteiger partial charge in [0, 0.05) is 12.8 Å². The minimum Gasteiger partial charge on any atom is -0.462 e. The van der Waals surface area contributed by atoms with Crippen LogP contribution >= 0.6 is 7.82 Å². The first-order valence-corrected chi connectivity index (χ1v) is 44.8. The number of unbranched alkanes of at least 4 members (excludes halogenated alkanes) is 46. The summed E-state index contributed by atoms with van der Waals surface area (Å²) in [4.78, 5) is 36.1. The van der Waals surface area contributed by atoms with Crippen molar-refractivity contribution in [3.8, 4) is 0 Å². The van der Waals surface area contributed by atoms with Gasteiger partial charge in [-0.3, -0.25) is 18.6 Å². The van der Waals surface area contributed by atoms with E-state index in [1.807, 2.05) is 21.1 Å². The van der Waals surface area contributed by atoms with Crippen LogP contribution in [0.4, 0.5) is 0 Å². The van der Waals surface area contributed by atoms with Crippen LogP contribution in [0.25, 0.3) is 0 Å². The molecule has 102 heavy (non-hydrogen) atoms. The van der Waals surface area contributed by atoms with Crippen LogP contribution in [0.15, 0.2) is 122 Å². The van der Waals surface area contributed by atoms with E-state index < -0.39 is 26.5 Å². The normalized spacial score (nSPS) is 13.6. The van der Waals surface area contributed by atoms with E-state index in [-0.39, 0.29) is 25.6 Å². The third kappa shape index (κ3) is 85.3. The van der Waals surface area contributed by atoms with Gasteiger partial charge in [-0.25, -0.2) is 4.57 Å². The van der Waals surface area contributed by atoms with Crippen LogP contribution < -0.4 is 0 Å². The first-order valence-electron chi connectivity index (χ1n) is 43.3. The molecule has 10 heteroatoms. The van der Waals surface area contributed by atoms with Crippen molar-refractivity contribution in [1.29, 1.82) is 0 Å². The van der Waals surface area contributed by atoms with Gasteiger partial charge in [0.1, 0.15) is 19.8 Å². The Hall–Kier alpha value is -3.59. The monoisotopic (exact) mass is 1440 g/mol. The van der Waals surface area contributed by atoms with Gasteiger partial charge in [-0.1, -0.05) is 405 Å². The highest BCUT2D eigenvalue weighted by Crippen LogP contribution is 2.43. The number of nitrogens with zero attached hydrogens (tertiary/aromatic N) is 1. The molecule has 1 N–H and O–H groups in total. The van der Waals surface area contributed by atoms with Crippen LogP contribution in [-0.4, -0.2) is 74.9 Å². The van der Waals surface area contributed by atoms with E-state index in [9.17, 15) is 19.0 Å². The van der Waals surface area contributed by atoms with Crippen LogP contribution in [0, 0.1) is 0 Å². The fourth-order valence-electron chi connectivity index (χ4n) is 12.5. The van der Waals surface area contributed by atoms with Crippen LogP contribution in [0.5, 0.6) is 0 Å². The number of allylic oxidation sites excluding steroid dienone is 20. The van der Waals surface area contributed by atoms with Gasteiger partial charge in [0.25, 0.3) is 0 Å². The van der Waals surface area contributed by atoms with Crippen LogP contribution in [0.2, 0.25) is 0 Å². The highest BCUT2D eigenvalue weighted by Gasteiger charge is 2.27. The minimum absolute atomic E-state index is 0.0313. The van der Waals surface area contributed by atoms with Gasteiger partial charge in [-0.2, -0.15) is 0 Å². The number of rotatable bonds is 80. The molecule has 0 aromatic carbocycles. The number of phosphoric ester groups is 1. The number of esters is 2. The predicted molar refractivity (Wildman–Crippen MR) is 445 cm³/mol. The molecule has 0 spiro atoms. The lowest BCUT2D eigenvalue weighted by Gasteiger charge is -2.24. The Balaban J connectivity index is 3.88. The minimum atomic E-state index is -4.40. The zero-order valence-electron chi connectivity index (χ0n) is 67.6. The van der Waals surface area contributed by atoms with E-state index in [2.05, 4.69) is 135 Å². The van der Waals surface area contributed by atoms with Gasteiger partial charge in [0.2, 0.25) is 0 Å². The number of ether oxygens (including phenoxy) is 2. The number of hydrogen-bond acceptors (Lipinski definition) is 7. The average molecular weight is 1440 g/mol. The molecular weight excluding hydrogens is 1280 g/mol. The van der Waals surface area contributed by atoms with Gasteiger partial charge in [0.05, 0.1) is 27.7 Å². The maximum Gasteiger partial charge on any atom is 0.472 e. The fraction of sp³-hybridized carbons (Fsp3) is 0.761. The fourth-order valence-corrected chi connectivity index (χ4v) is 13.2. The van der Waals surface area contributed by atoms with Crippen LogP contribution in [-0.2, 0) is 32.7 Å². The van der Waals surface area contributed by atoms with Crippen molar-refractivity contribution in [3.63, 3.8) is 0 Å². The molecule has 0 amide bonds. The SMILES string of the molecule is CC/C=C\C/C=C\C/C=C\C/C=C\C/C=C\C/C=C\CCCCCCCCCCCCCCCCCCCCC(=O)OC(COC(=O)CCCCCCCCCCCCCCCCCCCCCCCCCCCCCC/C=C\C/C=C\C/C=C\C/C=C\CC)COP(=O)(O)OCC[N+](C)(C)C. The molecule has 0 aliphatic carbocycles. The van der Waals surface area contributed by atoms with Gasteiger partial charge >= 0.3 is 19.8 Å². The van der Waals surface area contributed by atoms with Crippen molar-refractivity contribution in [3.05, 3.63) is 122 Å².